The number of amides is 1. The Bertz CT molecular complexity index is 3040. The Morgan fingerprint density at radius 2 is 1.01 bits per heavy atom. The molecule has 4 aliphatic heterocycles. The zero-order valence-electron chi connectivity index (χ0n) is 42.9. The lowest BCUT2D eigenvalue weighted by Gasteiger charge is -2.31. The summed E-state index contributed by atoms with van der Waals surface area (Å²) in [4.78, 5) is 27.4. The van der Waals surface area contributed by atoms with Gasteiger partial charge in [0.2, 0.25) is 0 Å². The Labute approximate surface area is 448 Å². The molecule has 10 rings (SSSR count). The van der Waals surface area contributed by atoms with Crippen molar-refractivity contribution in [2.24, 2.45) is 0 Å². The highest BCUT2D eigenvalue weighted by Crippen LogP contribution is 2.36. The standard InChI is InChI=1S/C26H27F3N6O4.C20H26N4O3.C6H3F3N2O2/c1-16-2-3-18(31-24(36)17-12-23(26(27,28)29)33-30-15-17)13-20(16)21-14-22(35-6-10-38-11-7-35)25(34-32-21)39-19-4-8-37-9-5-19;1-14-2-3-15(21)12-17(14)18-13-19(24-6-10-26-11-7-24)20(23-22-18)27-16-4-8-25-9-5-16;7-6(8,9)4-1-3(5(12)13)2-10-11-4/h2-3,12-15,19H,4-11H2,1H3,(H,31,36);2-3,12-13,16H,4-11,21H2,1H3;1-2H,(H,12,13). The molecule has 4 saturated heterocycles. The molecule has 4 aromatic heterocycles. The van der Waals surface area contributed by atoms with Crippen LogP contribution >= 0.6 is 0 Å². The van der Waals surface area contributed by atoms with Gasteiger partial charge in [-0.05, 0) is 73.5 Å². The number of aromatic nitrogens is 8. The van der Waals surface area contributed by atoms with Crippen LogP contribution < -0.4 is 30.3 Å². The Hall–Kier alpha value is -7.88. The van der Waals surface area contributed by atoms with Gasteiger partial charge in [-0.1, -0.05) is 12.1 Å². The van der Waals surface area contributed by atoms with Gasteiger partial charge in [0.15, 0.2) is 11.4 Å². The van der Waals surface area contributed by atoms with E-state index in [0.29, 0.717) is 99.3 Å². The van der Waals surface area contributed by atoms with Crippen LogP contribution in [0.3, 0.4) is 0 Å². The molecule has 1 amide bonds. The number of benzene rings is 2. The van der Waals surface area contributed by atoms with Crippen molar-refractivity contribution >= 4 is 34.6 Å². The van der Waals surface area contributed by atoms with Crippen molar-refractivity contribution in [3.05, 3.63) is 107 Å². The van der Waals surface area contributed by atoms with Crippen LogP contribution in [0, 0.1) is 13.8 Å². The van der Waals surface area contributed by atoms with Gasteiger partial charge >= 0.3 is 18.3 Å². The summed E-state index contributed by atoms with van der Waals surface area (Å²) in [6, 6.07) is 16.1. The number of nitrogens with one attached hydrogen (secondary N) is 1. The topological polar surface area (TPSA) is 257 Å². The predicted molar refractivity (Wildman–Crippen MR) is 273 cm³/mol. The first-order chi connectivity index (χ1) is 37.9. The van der Waals surface area contributed by atoms with Gasteiger partial charge in [-0.25, -0.2) is 4.79 Å². The summed E-state index contributed by atoms with van der Waals surface area (Å²) in [5.41, 5.74) is 10.6. The minimum absolute atomic E-state index is 0.0143. The average Bonchev–Trinajstić information content (AvgIpc) is 3.52. The Kier molecular flexibility index (Phi) is 19.0. The van der Waals surface area contributed by atoms with Gasteiger partial charge in [0.25, 0.3) is 17.7 Å². The fourth-order valence-corrected chi connectivity index (χ4v) is 8.48. The minimum atomic E-state index is -4.71. The van der Waals surface area contributed by atoms with E-state index in [0.717, 1.165) is 98.1 Å². The monoisotopic (exact) mass is 1110 g/mol. The summed E-state index contributed by atoms with van der Waals surface area (Å²) in [5, 5.41) is 40.8. The molecule has 2 aromatic carbocycles. The maximum Gasteiger partial charge on any atom is 0.435 e. The van der Waals surface area contributed by atoms with Crippen molar-refractivity contribution in [2.45, 2.75) is 64.1 Å². The van der Waals surface area contributed by atoms with Crippen molar-refractivity contribution in [3.8, 4) is 34.3 Å². The third kappa shape index (κ3) is 15.7. The normalized spacial score (nSPS) is 16.4. The number of anilines is 4. The number of aryl methyl sites for hydroxylation is 2. The van der Waals surface area contributed by atoms with Crippen LogP contribution in [0.25, 0.3) is 22.5 Å². The lowest BCUT2D eigenvalue weighted by Crippen LogP contribution is -2.37. The number of aromatic carboxylic acids is 1. The first-order valence-electron chi connectivity index (χ1n) is 25.1. The molecule has 6 aromatic rings. The summed E-state index contributed by atoms with van der Waals surface area (Å²) in [7, 11) is 0. The third-order valence-corrected chi connectivity index (χ3v) is 12.8. The highest BCUT2D eigenvalue weighted by Gasteiger charge is 2.35. The van der Waals surface area contributed by atoms with Gasteiger partial charge < -0.3 is 54.4 Å². The predicted octanol–water partition coefficient (Wildman–Crippen LogP) is 7.53. The number of alkyl halides is 6. The fraction of sp³-hybridized carbons (Fsp3) is 0.423. The molecule has 0 atom stereocenters. The number of hydrogen-bond donors (Lipinski definition) is 3. The zero-order chi connectivity index (χ0) is 56.1. The number of carboxylic acids is 1. The van der Waals surface area contributed by atoms with Crippen LogP contribution in [0.15, 0.2) is 73.1 Å². The number of morpholine rings is 2. The van der Waals surface area contributed by atoms with E-state index in [9.17, 15) is 35.9 Å². The molecule has 0 radical (unpaired) electrons. The molecule has 79 heavy (non-hydrogen) atoms. The number of carbonyl (C=O) groups excluding carboxylic acids is 1. The van der Waals surface area contributed by atoms with E-state index in [1.807, 2.05) is 31.2 Å². The van der Waals surface area contributed by atoms with Crippen LogP contribution in [0.5, 0.6) is 11.8 Å². The summed E-state index contributed by atoms with van der Waals surface area (Å²) in [5.74, 6) is -1.18. The maximum absolute atomic E-state index is 13.0. The molecule has 4 aliphatic rings. The van der Waals surface area contributed by atoms with Crippen molar-refractivity contribution in [1.82, 2.24) is 40.8 Å². The summed E-state index contributed by atoms with van der Waals surface area (Å²) >= 11 is 0. The Morgan fingerprint density at radius 3 is 1.48 bits per heavy atom. The molecule has 420 valence electrons. The lowest BCUT2D eigenvalue weighted by atomic mass is 10.0. The van der Waals surface area contributed by atoms with E-state index < -0.39 is 41.2 Å². The van der Waals surface area contributed by atoms with Gasteiger partial charge in [-0.3, -0.25) is 4.79 Å². The number of ether oxygens (including phenoxy) is 6. The zero-order valence-corrected chi connectivity index (χ0v) is 42.9. The molecular weight excluding hydrogens is 1050 g/mol. The van der Waals surface area contributed by atoms with Crippen molar-refractivity contribution in [3.63, 3.8) is 0 Å². The van der Waals surface area contributed by atoms with E-state index >= 15 is 0 Å². The molecule has 0 saturated carbocycles. The molecule has 4 N–H and O–H groups in total. The number of halogens is 6. The molecule has 21 nitrogen and oxygen atoms in total. The average molecular weight is 1110 g/mol. The summed E-state index contributed by atoms with van der Waals surface area (Å²) in [6.07, 6.45) is -4.26. The Balaban J connectivity index is 0.000000177. The molecule has 0 aliphatic carbocycles. The van der Waals surface area contributed by atoms with Crippen LogP contribution in [0.2, 0.25) is 0 Å². The number of hydrogen-bond acceptors (Lipinski definition) is 19. The van der Waals surface area contributed by atoms with Crippen molar-refractivity contribution < 1.29 is 69.5 Å². The first-order valence-corrected chi connectivity index (χ1v) is 25.1. The number of nitrogens with zero attached hydrogens (tertiary/aromatic N) is 10. The first kappa shape index (κ1) is 57.3. The summed E-state index contributed by atoms with van der Waals surface area (Å²) in [6.45, 7) is 12.2. The fourth-order valence-electron chi connectivity index (χ4n) is 8.48. The molecule has 27 heteroatoms. The van der Waals surface area contributed by atoms with E-state index in [1.54, 1.807) is 18.2 Å². The van der Waals surface area contributed by atoms with Gasteiger partial charge in [-0.2, -0.15) is 36.5 Å². The molecule has 4 fully saturated rings. The highest BCUT2D eigenvalue weighted by atomic mass is 19.4. The third-order valence-electron chi connectivity index (χ3n) is 12.8. The van der Waals surface area contributed by atoms with Crippen LogP contribution in [-0.4, -0.2) is 149 Å². The smallest absolute Gasteiger partial charge is 0.435 e. The molecular formula is C52H56F6N12O9. The molecule has 0 bridgehead atoms. The number of rotatable bonds is 11. The number of nitrogen functional groups attached to an aromatic ring is 1. The Morgan fingerprint density at radius 1 is 0.582 bits per heavy atom. The maximum atomic E-state index is 13.0. The number of carbonyl (C=O) groups is 2. The van der Waals surface area contributed by atoms with Gasteiger partial charge in [0.1, 0.15) is 23.6 Å². The van der Waals surface area contributed by atoms with Crippen LogP contribution in [-0.2, 0) is 31.3 Å². The summed E-state index contributed by atoms with van der Waals surface area (Å²) < 4.78 is 109. The van der Waals surface area contributed by atoms with Crippen LogP contribution in [0.1, 0.15) is 68.9 Å². The molecule has 0 unspecified atom stereocenters. The van der Waals surface area contributed by atoms with Gasteiger partial charge in [0, 0.05) is 74.4 Å². The SMILES string of the molecule is Cc1ccc(N)cc1-c1cc(N2CCOCC2)c(OC2CCOCC2)nn1.Cc1ccc(NC(=O)c2cnnc(C(F)(F)F)c2)cc1-c1cc(N2CCOCC2)c(OC2CCOCC2)nn1.O=C(O)c1cnnc(C(F)(F)F)c1. The number of nitrogens with two attached hydrogens (primary N) is 1. The molecule has 8 heterocycles. The van der Waals surface area contributed by atoms with E-state index in [4.69, 9.17) is 39.3 Å². The molecule has 0 spiro atoms. The van der Waals surface area contributed by atoms with Gasteiger partial charge in [0.05, 0.1) is 87.8 Å². The minimum Gasteiger partial charge on any atom is -0.478 e. The second-order valence-electron chi connectivity index (χ2n) is 18.4. The van der Waals surface area contributed by atoms with E-state index in [2.05, 4.69) is 68.9 Å². The van der Waals surface area contributed by atoms with Crippen molar-refractivity contribution in [1.29, 1.82) is 0 Å². The highest BCUT2D eigenvalue weighted by molar-refractivity contribution is 6.04. The number of carboxylic acid groups (broad SMARTS) is 1. The lowest BCUT2D eigenvalue weighted by molar-refractivity contribution is -0.142. The van der Waals surface area contributed by atoms with Gasteiger partial charge in [-0.15, -0.1) is 30.6 Å². The van der Waals surface area contributed by atoms with E-state index in [-0.39, 0.29) is 17.8 Å². The second kappa shape index (κ2) is 26.2. The van der Waals surface area contributed by atoms with E-state index in [1.165, 1.54) is 0 Å². The van der Waals surface area contributed by atoms with Crippen LogP contribution in [0.4, 0.5) is 49.1 Å². The quantitative estimate of drug-likeness (QED) is 0.0836. The largest absolute Gasteiger partial charge is 0.478 e. The van der Waals surface area contributed by atoms with Crippen molar-refractivity contribution in [2.75, 3.05) is 99.9 Å². The second-order valence-corrected chi connectivity index (χ2v) is 18.4.